The third-order valence-corrected chi connectivity index (χ3v) is 6.10. The first-order chi connectivity index (χ1) is 14.1. The quantitative estimate of drug-likeness (QED) is 0.448. The summed E-state index contributed by atoms with van der Waals surface area (Å²) in [5, 5.41) is 7.71. The molecule has 5 rings (SSSR count). The van der Waals surface area contributed by atoms with E-state index in [0.717, 1.165) is 44.8 Å². The Bertz CT molecular complexity index is 1100. The van der Waals surface area contributed by atoms with E-state index in [-0.39, 0.29) is 12.3 Å². The number of hydrogen-bond acceptors (Lipinski definition) is 4. The molecular formula is C23H18BrClN2O2. The van der Waals surface area contributed by atoms with Crippen LogP contribution in [0.4, 0.5) is 0 Å². The minimum absolute atomic E-state index is 0.0472. The number of para-hydroxylation sites is 1. The molecule has 0 spiro atoms. The zero-order chi connectivity index (χ0) is 20.0. The van der Waals surface area contributed by atoms with E-state index in [0.29, 0.717) is 5.02 Å². The van der Waals surface area contributed by atoms with E-state index in [1.165, 1.54) is 0 Å². The molecule has 3 aromatic carbocycles. The van der Waals surface area contributed by atoms with Crippen LogP contribution in [-0.2, 0) is 0 Å². The standard InChI is InChI=1S/C23H18BrClN2O2/c1-28-21-5-3-2-4-17(21)23-27-20(18-12-16(25)10-11-22(18)29-23)13-19(26-27)14-6-8-15(24)9-7-14/h2-12,20,23H,13H2,1H3/t20-,23-/m1/s1. The highest BCUT2D eigenvalue weighted by Crippen LogP contribution is 2.49. The van der Waals surface area contributed by atoms with Crippen molar-refractivity contribution in [3.05, 3.63) is 92.9 Å². The number of hydrazone groups is 1. The van der Waals surface area contributed by atoms with Gasteiger partial charge in [0.15, 0.2) is 0 Å². The van der Waals surface area contributed by atoms with Gasteiger partial charge in [0.05, 0.1) is 24.4 Å². The average molecular weight is 470 g/mol. The summed E-state index contributed by atoms with van der Waals surface area (Å²) in [6, 6.07) is 22.0. The van der Waals surface area contributed by atoms with E-state index in [1.54, 1.807) is 7.11 Å². The molecular weight excluding hydrogens is 452 g/mol. The molecule has 29 heavy (non-hydrogen) atoms. The van der Waals surface area contributed by atoms with Gasteiger partial charge in [-0.3, -0.25) is 0 Å². The number of halogens is 2. The lowest BCUT2D eigenvalue weighted by Gasteiger charge is -2.38. The fraction of sp³-hybridized carbons (Fsp3) is 0.174. The molecule has 4 nitrogen and oxygen atoms in total. The average Bonchev–Trinajstić information content (AvgIpc) is 3.19. The van der Waals surface area contributed by atoms with Crippen molar-refractivity contribution < 1.29 is 9.47 Å². The molecule has 0 amide bonds. The van der Waals surface area contributed by atoms with E-state index in [1.807, 2.05) is 59.6 Å². The molecule has 0 N–H and O–H groups in total. The lowest BCUT2D eigenvalue weighted by Crippen LogP contribution is -2.33. The summed E-state index contributed by atoms with van der Waals surface area (Å²) < 4.78 is 13.0. The topological polar surface area (TPSA) is 34.1 Å². The minimum atomic E-state index is -0.377. The van der Waals surface area contributed by atoms with Crippen LogP contribution < -0.4 is 9.47 Å². The Kier molecular flexibility index (Phi) is 4.72. The Morgan fingerprint density at radius 3 is 2.66 bits per heavy atom. The van der Waals surface area contributed by atoms with Gasteiger partial charge in [-0.25, -0.2) is 5.01 Å². The monoisotopic (exact) mass is 468 g/mol. The molecule has 0 unspecified atom stereocenters. The SMILES string of the molecule is COc1ccccc1[C@H]1Oc2ccc(Cl)cc2[C@H]2CC(c3ccc(Br)cc3)=NN21. The second-order valence-electron chi connectivity index (χ2n) is 7.05. The Morgan fingerprint density at radius 2 is 1.86 bits per heavy atom. The van der Waals surface area contributed by atoms with Crippen LogP contribution in [0.3, 0.4) is 0 Å². The Hall–Kier alpha value is -2.50. The van der Waals surface area contributed by atoms with Crippen molar-refractivity contribution in [3.63, 3.8) is 0 Å². The van der Waals surface area contributed by atoms with Crippen LogP contribution in [0.25, 0.3) is 0 Å². The zero-order valence-corrected chi connectivity index (χ0v) is 18.0. The van der Waals surface area contributed by atoms with Crippen molar-refractivity contribution in [1.82, 2.24) is 5.01 Å². The van der Waals surface area contributed by atoms with Crippen LogP contribution in [-0.4, -0.2) is 17.8 Å². The number of fused-ring (bicyclic) bond motifs is 3. The summed E-state index contributed by atoms with van der Waals surface area (Å²) in [5.74, 6) is 1.61. The molecule has 6 heteroatoms. The van der Waals surface area contributed by atoms with E-state index in [4.69, 9.17) is 26.2 Å². The number of rotatable bonds is 3. The molecule has 0 radical (unpaired) electrons. The van der Waals surface area contributed by atoms with Crippen molar-refractivity contribution in [2.75, 3.05) is 7.11 Å². The molecule has 0 fully saturated rings. The Morgan fingerprint density at radius 1 is 1.07 bits per heavy atom. The smallest absolute Gasteiger partial charge is 0.217 e. The van der Waals surface area contributed by atoms with Crippen molar-refractivity contribution in [3.8, 4) is 11.5 Å². The number of methoxy groups -OCH3 is 1. The predicted molar refractivity (Wildman–Crippen MR) is 118 cm³/mol. The second kappa shape index (κ2) is 7.39. The van der Waals surface area contributed by atoms with Crippen LogP contribution in [0.2, 0.25) is 5.02 Å². The van der Waals surface area contributed by atoms with Gasteiger partial charge < -0.3 is 9.47 Å². The predicted octanol–water partition coefficient (Wildman–Crippen LogP) is 6.35. The summed E-state index contributed by atoms with van der Waals surface area (Å²) in [6.07, 6.45) is 0.405. The van der Waals surface area contributed by atoms with Gasteiger partial charge in [0.2, 0.25) is 6.23 Å². The lowest BCUT2D eigenvalue weighted by atomic mass is 9.96. The largest absolute Gasteiger partial charge is 0.496 e. The van der Waals surface area contributed by atoms with E-state index in [2.05, 4.69) is 28.1 Å². The van der Waals surface area contributed by atoms with Crippen LogP contribution in [0, 0.1) is 0 Å². The van der Waals surface area contributed by atoms with Crippen LogP contribution in [0.15, 0.2) is 76.3 Å². The van der Waals surface area contributed by atoms with E-state index < -0.39 is 0 Å². The van der Waals surface area contributed by atoms with Crippen molar-refractivity contribution in [1.29, 1.82) is 0 Å². The highest BCUT2D eigenvalue weighted by molar-refractivity contribution is 9.10. The summed E-state index contributed by atoms with van der Waals surface area (Å²) >= 11 is 9.80. The number of benzene rings is 3. The molecule has 0 saturated carbocycles. The van der Waals surface area contributed by atoms with Gasteiger partial charge in [0, 0.05) is 21.5 Å². The van der Waals surface area contributed by atoms with Crippen LogP contribution >= 0.6 is 27.5 Å². The third kappa shape index (κ3) is 3.28. The highest BCUT2D eigenvalue weighted by Gasteiger charge is 2.42. The maximum absolute atomic E-state index is 6.41. The summed E-state index contributed by atoms with van der Waals surface area (Å²) in [7, 11) is 1.67. The first kappa shape index (κ1) is 18.5. The number of nitrogens with zero attached hydrogens (tertiary/aromatic N) is 2. The molecule has 2 atom stereocenters. The molecule has 3 aromatic rings. The van der Waals surface area contributed by atoms with Gasteiger partial charge in [-0.05, 0) is 48.0 Å². The fourth-order valence-electron chi connectivity index (χ4n) is 3.95. The van der Waals surface area contributed by atoms with E-state index in [9.17, 15) is 0 Å². The van der Waals surface area contributed by atoms with Gasteiger partial charge in [-0.1, -0.05) is 51.8 Å². The normalized spacial score (nSPS) is 19.8. The van der Waals surface area contributed by atoms with Gasteiger partial charge in [0.1, 0.15) is 11.5 Å². The summed E-state index contributed by atoms with van der Waals surface area (Å²) in [4.78, 5) is 0. The molecule has 2 heterocycles. The van der Waals surface area contributed by atoms with Gasteiger partial charge >= 0.3 is 0 Å². The Labute approximate surface area is 182 Å². The summed E-state index contributed by atoms with van der Waals surface area (Å²) in [5.41, 5.74) is 4.13. The molecule has 0 saturated heterocycles. The van der Waals surface area contributed by atoms with Crippen LogP contribution in [0.1, 0.15) is 35.4 Å². The Balaban J connectivity index is 1.62. The number of hydrogen-bond donors (Lipinski definition) is 0. The highest BCUT2D eigenvalue weighted by atomic mass is 79.9. The zero-order valence-electron chi connectivity index (χ0n) is 15.7. The summed E-state index contributed by atoms with van der Waals surface area (Å²) in [6.45, 7) is 0. The molecule has 146 valence electrons. The number of ether oxygens (including phenoxy) is 2. The molecule has 2 aliphatic rings. The molecule has 0 bridgehead atoms. The van der Waals surface area contributed by atoms with E-state index >= 15 is 0 Å². The molecule has 0 aliphatic carbocycles. The van der Waals surface area contributed by atoms with Crippen molar-refractivity contribution in [2.45, 2.75) is 18.7 Å². The molecule has 2 aliphatic heterocycles. The molecule has 0 aromatic heterocycles. The maximum Gasteiger partial charge on any atom is 0.217 e. The maximum atomic E-state index is 6.41. The lowest BCUT2D eigenvalue weighted by molar-refractivity contribution is -0.0203. The van der Waals surface area contributed by atoms with Gasteiger partial charge in [0.25, 0.3) is 0 Å². The minimum Gasteiger partial charge on any atom is -0.496 e. The second-order valence-corrected chi connectivity index (χ2v) is 8.40. The van der Waals surface area contributed by atoms with Crippen molar-refractivity contribution in [2.24, 2.45) is 5.10 Å². The fourth-order valence-corrected chi connectivity index (χ4v) is 4.40. The first-order valence-corrected chi connectivity index (χ1v) is 10.5. The van der Waals surface area contributed by atoms with Crippen molar-refractivity contribution >= 4 is 33.2 Å². The first-order valence-electron chi connectivity index (χ1n) is 9.35. The van der Waals surface area contributed by atoms with Gasteiger partial charge in [-0.15, -0.1) is 0 Å². The van der Waals surface area contributed by atoms with Gasteiger partial charge in [-0.2, -0.15) is 5.10 Å². The van der Waals surface area contributed by atoms with Crippen LogP contribution in [0.5, 0.6) is 11.5 Å². The third-order valence-electron chi connectivity index (χ3n) is 5.33.